The summed E-state index contributed by atoms with van der Waals surface area (Å²) >= 11 is 0. The fraction of sp³-hybridized carbons (Fsp3) is 0.667. The summed E-state index contributed by atoms with van der Waals surface area (Å²) in [5.74, 6) is 0. The number of hydrogen-bond donors (Lipinski definition) is 1. The first-order valence-electron chi connectivity index (χ1n) is 8.53. The third kappa shape index (κ3) is 2.24. The lowest BCUT2D eigenvalue weighted by atomic mass is 9.90. The van der Waals surface area contributed by atoms with Crippen LogP contribution in [0.5, 0.6) is 0 Å². The molecule has 0 aromatic heterocycles. The van der Waals surface area contributed by atoms with Crippen molar-refractivity contribution < 1.29 is 0 Å². The van der Waals surface area contributed by atoms with Crippen molar-refractivity contribution in [1.29, 1.82) is 0 Å². The van der Waals surface area contributed by atoms with Gasteiger partial charge in [0.15, 0.2) is 0 Å². The summed E-state index contributed by atoms with van der Waals surface area (Å²) in [7, 11) is 0. The van der Waals surface area contributed by atoms with Gasteiger partial charge in [0.25, 0.3) is 0 Å². The first-order chi connectivity index (χ1) is 9.92. The Morgan fingerprint density at radius 2 is 1.90 bits per heavy atom. The second-order valence-electron chi connectivity index (χ2n) is 6.79. The van der Waals surface area contributed by atoms with Gasteiger partial charge in [0.2, 0.25) is 0 Å². The molecule has 3 aliphatic rings. The average Bonchev–Trinajstić information content (AvgIpc) is 2.91. The van der Waals surface area contributed by atoms with E-state index in [4.69, 9.17) is 0 Å². The summed E-state index contributed by atoms with van der Waals surface area (Å²) in [5.41, 5.74) is 4.66. The van der Waals surface area contributed by atoms with Crippen molar-refractivity contribution in [3.8, 4) is 0 Å². The van der Waals surface area contributed by atoms with E-state index in [1.54, 1.807) is 11.1 Å². The summed E-state index contributed by atoms with van der Waals surface area (Å²) in [6.45, 7) is 2.63. The number of hydrogen-bond acceptors (Lipinski definition) is 2. The molecule has 20 heavy (non-hydrogen) atoms. The molecule has 2 heterocycles. The molecule has 0 bridgehead atoms. The average molecular weight is 270 g/mol. The van der Waals surface area contributed by atoms with Crippen LogP contribution >= 0.6 is 0 Å². The number of fused-ring (bicyclic) bond motifs is 2. The quantitative estimate of drug-likeness (QED) is 0.883. The van der Waals surface area contributed by atoms with Crippen LogP contribution in [0.4, 0.5) is 5.69 Å². The van der Waals surface area contributed by atoms with Crippen LogP contribution in [-0.4, -0.2) is 30.1 Å². The van der Waals surface area contributed by atoms with Crippen LogP contribution in [-0.2, 0) is 12.8 Å². The molecule has 2 fully saturated rings. The number of rotatable bonds is 2. The van der Waals surface area contributed by atoms with Crippen LogP contribution in [0.25, 0.3) is 0 Å². The molecule has 1 aromatic carbocycles. The van der Waals surface area contributed by atoms with Gasteiger partial charge in [0, 0.05) is 24.3 Å². The van der Waals surface area contributed by atoms with Gasteiger partial charge in [-0.25, -0.2) is 0 Å². The van der Waals surface area contributed by atoms with Gasteiger partial charge in [-0.15, -0.1) is 0 Å². The number of nitrogens with one attached hydrogen (secondary N) is 1. The van der Waals surface area contributed by atoms with E-state index in [1.165, 1.54) is 70.1 Å². The van der Waals surface area contributed by atoms with Crippen LogP contribution < -0.4 is 5.32 Å². The Morgan fingerprint density at radius 1 is 0.950 bits per heavy atom. The SMILES string of the molecule is c1cc2c(c(NC3CCN4CCCCC34)c1)CCCC2. The molecule has 2 aliphatic heterocycles. The molecular formula is C18H26N2. The highest BCUT2D eigenvalue weighted by Crippen LogP contribution is 2.33. The molecule has 0 spiro atoms. The minimum Gasteiger partial charge on any atom is -0.380 e. The van der Waals surface area contributed by atoms with Crippen molar-refractivity contribution in [2.24, 2.45) is 0 Å². The smallest absolute Gasteiger partial charge is 0.0429 e. The summed E-state index contributed by atoms with van der Waals surface area (Å²) in [4.78, 5) is 2.72. The predicted octanol–water partition coefficient (Wildman–Crippen LogP) is 3.60. The Bertz CT molecular complexity index is 482. The fourth-order valence-electron chi connectivity index (χ4n) is 4.53. The molecule has 0 radical (unpaired) electrons. The highest BCUT2D eigenvalue weighted by atomic mass is 15.2. The number of piperidine rings is 1. The Kier molecular flexibility index (Phi) is 3.43. The number of benzene rings is 1. The molecule has 2 saturated heterocycles. The molecule has 0 saturated carbocycles. The Hall–Kier alpha value is -1.02. The maximum absolute atomic E-state index is 3.93. The summed E-state index contributed by atoms with van der Waals surface area (Å²) in [5, 5.41) is 3.93. The summed E-state index contributed by atoms with van der Waals surface area (Å²) in [6, 6.07) is 8.38. The van der Waals surface area contributed by atoms with Gasteiger partial charge in [0.05, 0.1) is 0 Å². The highest BCUT2D eigenvalue weighted by Gasteiger charge is 2.35. The van der Waals surface area contributed by atoms with Crippen LogP contribution in [0, 0.1) is 0 Å². The van der Waals surface area contributed by atoms with E-state index in [2.05, 4.69) is 28.4 Å². The molecule has 2 nitrogen and oxygen atoms in total. The highest BCUT2D eigenvalue weighted by molar-refractivity contribution is 5.56. The molecule has 2 unspecified atom stereocenters. The molecule has 0 amide bonds. The lowest BCUT2D eigenvalue weighted by molar-refractivity contribution is 0.192. The van der Waals surface area contributed by atoms with Crippen LogP contribution in [0.1, 0.15) is 49.7 Å². The molecule has 2 heteroatoms. The minimum absolute atomic E-state index is 0.684. The van der Waals surface area contributed by atoms with Crippen molar-refractivity contribution in [2.75, 3.05) is 18.4 Å². The molecular weight excluding hydrogens is 244 g/mol. The number of aryl methyl sites for hydroxylation is 1. The van der Waals surface area contributed by atoms with Gasteiger partial charge < -0.3 is 5.32 Å². The van der Waals surface area contributed by atoms with Gasteiger partial charge in [0.1, 0.15) is 0 Å². The standard InChI is InChI=1S/C18H26N2/c1-2-8-15-14(6-1)7-5-9-16(15)19-17-11-13-20-12-4-3-10-18(17)20/h5,7,9,17-19H,1-4,6,8,10-13H2. The Labute approximate surface area is 122 Å². The van der Waals surface area contributed by atoms with Crippen LogP contribution in [0.15, 0.2) is 18.2 Å². The van der Waals surface area contributed by atoms with E-state index >= 15 is 0 Å². The Balaban J connectivity index is 1.54. The fourth-order valence-corrected chi connectivity index (χ4v) is 4.53. The molecule has 2 atom stereocenters. The molecule has 108 valence electrons. The topological polar surface area (TPSA) is 15.3 Å². The zero-order chi connectivity index (χ0) is 13.4. The number of nitrogens with zero attached hydrogens (tertiary/aromatic N) is 1. The molecule has 1 aromatic rings. The first kappa shape index (κ1) is 12.7. The maximum atomic E-state index is 3.93. The lowest BCUT2D eigenvalue weighted by Gasteiger charge is -2.33. The van der Waals surface area contributed by atoms with Crippen LogP contribution in [0.2, 0.25) is 0 Å². The van der Waals surface area contributed by atoms with E-state index in [0.717, 1.165) is 6.04 Å². The normalized spacial score (nSPS) is 29.8. The lowest BCUT2D eigenvalue weighted by Crippen LogP contribution is -2.41. The van der Waals surface area contributed by atoms with Gasteiger partial charge in [-0.1, -0.05) is 18.6 Å². The van der Waals surface area contributed by atoms with Gasteiger partial charge in [-0.2, -0.15) is 0 Å². The van der Waals surface area contributed by atoms with E-state index in [9.17, 15) is 0 Å². The maximum Gasteiger partial charge on any atom is 0.0429 e. The monoisotopic (exact) mass is 270 g/mol. The van der Waals surface area contributed by atoms with E-state index in [1.807, 2.05) is 0 Å². The molecule has 1 aliphatic carbocycles. The Morgan fingerprint density at radius 3 is 2.90 bits per heavy atom. The van der Waals surface area contributed by atoms with E-state index in [-0.39, 0.29) is 0 Å². The van der Waals surface area contributed by atoms with Gasteiger partial charge in [-0.3, -0.25) is 4.90 Å². The largest absolute Gasteiger partial charge is 0.380 e. The second-order valence-corrected chi connectivity index (χ2v) is 6.79. The molecule has 4 rings (SSSR count). The molecule has 1 N–H and O–H groups in total. The van der Waals surface area contributed by atoms with Crippen molar-refractivity contribution in [3.63, 3.8) is 0 Å². The minimum atomic E-state index is 0.684. The van der Waals surface area contributed by atoms with E-state index < -0.39 is 0 Å². The van der Waals surface area contributed by atoms with Crippen LogP contribution in [0.3, 0.4) is 0 Å². The first-order valence-corrected chi connectivity index (χ1v) is 8.53. The third-order valence-electron chi connectivity index (χ3n) is 5.59. The second kappa shape index (κ2) is 5.40. The zero-order valence-electron chi connectivity index (χ0n) is 12.4. The zero-order valence-corrected chi connectivity index (χ0v) is 12.4. The van der Waals surface area contributed by atoms with Crippen molar-refractivity contribution in [2.45, 2.75) is 63.5 Å². The van der Waals surface area contributed by atoms with Gasteiger partial charge >= 0.3 is 0 Å². The van der Waals surface area contributed by atoms with Crippen molar-refractivity contribution >= 4 is 5.69 Å². The summed E-state index contributed by atoms with van der Waals surface area (Å²) < 4.78 is 0. The van der Waals surface area contributed by atoms with Crippen molar-refractivity contribution in [1.82, 2.24) is 4.90 Å². The number of anilines is 1. The van der Waals surface area contributed by atoms with Crippen molar-refractivity contribution in [3.05, 3.63) is 29.3 Å². The predicted molar refractivity (Wildman–Crippen MR) is 84.3 cm³/mol. The van der Waals surface area contributed by atoms with E-state index in [0.29, 0.717) is 6.04 Å². The van der Waals surface area contributed by atoms with Gasteiger partial charge in [-0.05, 0) is 68.7 Å². The summed E-state index contributed by atoms with van der Waals surface area (Å²) in [6.07, 6.45) is 10.9. The third-order valence-corrected chi connectivity index (χ3v) is 5.59.